The van der Waals surface area contributed by atoms with Crippen LogP contribution in [-0.4, -0.2) is 79.7 Å². The second-order valence-electron chi connectivity index (χ2n) is 11.5. The number of ketones is 2. The Morgan fingerprint density at radius 2 is 1.77 bits per heavy atom. The molecule has 0 heterocycles. The zero-order chi connectivity index (χ0) is 29.3. The molecule has 3 aliphatic rings. The van der Waals surface area contributed by atoms with Gasteiger partial charge in [0.1, 0.15) is 22.8 Å². The maximum Gasteiger partial charge on any atom is 0.255 e. The fourth-order valence-electron chi connectivity index (χ4n) is 6.52. The Hall–Kier alpha value is -2.73. The number of amides is 1. The van der Waals surface area contributed by atoms with E-state index in [1.807, 2.05) is 0 Å². The highest BCUT2D eigenvalue weighted by Gasteiger charge is 2.68. The number of rotatable bonds is 6. The molecule has 7 N–H and O–H groups in total. The number of nitrogens with zero attached hydrogens (tertiary/aromatic N) is 1. The quantitative estimate of drug-likeness (QED) is 0.209. The van der Waals surface area contributed by atoms with Gasteiger partial charge in [-0.2, -0.15) is 0 Å². The number of Topliss-reactive ketones (excluding diaryl/α,β-unsaturated/α-hetero) is 2. The number of alkyl halides is 1. The van der Waals surface area contributed by atoms with E-state index in [-0.39, 0.29) is 16.1 Å². The van der Waals surface area contributed by atoms with Crippen LogP contribution in [0.1, 0.15) is 61.0 Å². The highest BCUT2D eigenvalue weighted by molar-refractivity contribution is 9.09. The van der Waals surface area contributed by atoms with Crippen LogP contribution in [0.2, 0.25) is 0 Å². The van der Waals surface area contributed by atoms with Gasteiger partial charge in [-0.1, -0.05) is 48.8 Å². The molecule has 1 fully saturated rings. The topological polar surface area (TPSA) is 182 Å². The zero-order valence-electron chi connectivity index (χ0n) is 22.5. The lowest BCUT2D eigenvalue weighted by atomic mass is 9.54. The molecule has 0 aliphatic heterocycles. The first-order chi connectivity index (χ1) is 18.1. The summed E-state index contributed by atoms with van der Waals surface area (Å²) in [5, 5.41) is 57.1. The van der Waals surface area contributed by atoms with Crippen molar-refractivity contribution in [3.05, 3.63) is 45.7 Å². The number of halogens is 1. The summed E-state index contributed by atoms with van der Waals surface area (Å²) in [7, 11) is 2.94. The number of fused-ring (bicyclic) bond motifs is 3. The van der Waals surface area contributed by atoms with Gasteiger partial charge in [-0.15, -0.1) is 0 Å². The predicted molar refractivity (Wildman–Crippen MR) is 146 cm³/mol. The fraction of sp³-hybridized carbons (Fsp3) is 0.536. The number of aromatic hydroxyl groups is 1. The van der Waals surface area contributed by atoms with E-state index in [2.05, 4.69) is 29.8 Å². The van der Waals surface area contributed by atoms with Crippen LogP contribution < -0.4 is 5.73 Å². The summed E-state index contributed by atoms with van der Waals surface area (Å²) in [6, 6.07) is 2.08. The zero-order valence-corrected chi connectivity index (χ0v) is 24.1. The number of aliphatic hydroxyl groups excluding tert-OH is 3. The van der Waals surface area contributed by atoms with E-state index in [1.54, 1.807) is 19.1 Å². The van der Waals surface area contributed by atoms with E-state index in [0.717, 1.165) is 6.42 Å². The number of primary amides is 1. The summed E-state index contributed by atoms with van der Waals surface area (Å²) >= 11 is 3.60. The minimum absolute atomic E-state index is 0.00233. The van der Waals surface area contributed by atoms with Crippen LogP contribution in [-0.2, 0) is 14.4 Å². The first kappa shape index (κ1) is 29.3. The summed E-state index contributed by atoms with van der Waals surface area (Å²) < 4.78 is 0. The highest BCUT2D eigenvalue weighted by Crippen LogP contribution is 2.56. The van der Waals surface area contributed by atoms with Crippen molar-refractivity contribution in [2.45, 2.75) is 62.1 Å². The fourth-order valence-corrected chi connectivity index (χ4v) is 7.15. The van der Waals surface area contributed by atoms with Gasteiger partial charge in [0.2, 0.25) is 5.78 Å². The smallest absolute Gasteiger partial charge is 0.255 e. The number of hydrogen-bond donors (Lipinski definition) is 6. The van der Waals surface area contributed by atoms with E-state index in [4.69, 9.17) is 5.73 Å². The Bertz CT molecular complexity index is 1320. The number of aliphatic hydroxyl groups is 4. The van der Waals surface area contributed by atoms with Crippen LogP contribution in [0.15, 0.2) is 29.0 Å². The molecule has 1 aromatic carbocycles. The summed E-state index contributed by atoms with van der Waals surface area (Å²) in [5.74, 6) is -8.45. The Balaban J connectivity index is 1.96. The van der Waals surface area contributed by atoms with Crippen molar-refractivity contribution in [2.75, 3.05) is 14.1 Å². The van der Waals surface area contributed by atoms with E-state index < -0.39 is 75.6 Å². The molecule has 11 heteroatoms. The second kappa shape index (κ2) is 10.0. The molecule has 1 unspecified atom stereocenters. The highest BCUT2D eigenvalue weighted by atomic mass is 79.9. The number of hydrogen-bond acceptors (Lipinski definition) is 9. The number of nitrogens with two attached hydrogens (primary N) is 1. The van der Waals surface area contributed by atoms with Crippen molar-refractivity contribution in [1.82, 2.24) is 4.90 Å². The third kappa shape index (κ3) is 4.13. The maximum absolute atomic E-state index is 14.0. The maximum atomic E-state index is 14.0. The van der Waals surface area contributed by atoms with E-state index in [0.29, 0.717) is 23.5 Å². The van der Waals surface area contributed by atoms with Crippen LogP contribution in [0.3, 0.4) is 0 Å². The van der Waals surface area contributed by atoms with E-state index in [1.165, 1.54) is 19.0 Å². The van der Waals surface area contributed by atoms with Gasteiger partial charge in [-0.25, -0.2) is 0 Å². The largest absolute Gasteiger partial charge is 0.508 e. The molecule has 39 heavy (non-hydrogen) atoms. The van der Waals surface area contributed by atoms with E-state index >= 15 is 0 Å². The van der Waals surface area contributed by atoms with Crippen molar-refractivity contribution in [1.29, 1.82) is 0 Å². The predicted octanol–water partition coefficient (Wildman–Crippen LogP) is 2.37. The van der Waals surface area contributed by atoms with Gasteiger partial charge >= 0.3 is 0 Å². The third-order valence-corrected chi connectivity index (χ3v) is 9.45. The summed E-state index contributed by atoms with van der Waals surface area (Å²) in [6.45, 7) is 5.87. The monoisotopic (exact) mass is 606 g/mol. The SMILES string of the molecule is CC(C)CCC(Br)c1ccc2c(c1O)C(O)=C1C(=O)[C@]3(O)C(O)=C(C(N)=O)C(=O)[C@@H](N(C)C)[C@@H]3[C@@H](O)[C@@H]1[C@H]2C. The molecule has 4 rings (SSSR count). The van der Waals surface area contributed by atoms with Gasteiger partial charge in [0, 0.05) is 21.9 Å². The number of phenols is 1. The van der Waals surface area contributed by atoms with Gasteiger partial charge in [0.25, 0.3) is 5.91 Å². The second-order valence-corrected chi connectivity index (χ2v) is 12.6. The Morgan fingerprint density at radius 1 is 1.15 bits per heavy atom. The molecule has 0 radical (unpaired) electrons. The lowest BCUT2D eigenvalue weighted by Crippen LogP contribution is -2.70. The van der Waals surface area contributed by atoms with Crippen molar-refractivity contribution < 1.29 is 39.9 Å². The van der Waals surface area contributed by atoms with Crippen molar-refractivity contribution in [3.8, 4) is 5.75 Å². The molecular weight excluding hydrogens is 572 g/mol. The minimum Gasteiger partial charge on any atom is -0.508 e. The summed E-state index contributed by atoms with van der Waals surface area (Å²) in [6.07, 6.45) is -0.0400. The first-order valence-electron chi connectivity index (χ1n) is 12.9. The number of benzene rings is 1. The standard InChI is InChI=1S/C28H35BrN2O8/c1-10(2)6-9-14(29)13-8-7-12-11(3)15-17(22(33)16(12)21(13)32)25(36)28(39)19(23(15)34)20(31(4)5)24(35)18(26(28)37)27(30)38/h7-8,10-11,14-15,19-20,23,32-34,37,39H,6,9H2,1-5H3,(H2,30,38)/t11-,14?,15+,19+,20-,23-,28-/m0/s1. The van der Waals surface area contributed by atoms with Crippen molar-refractivity contribution >= 4 is 39.2 Å². The molecular formula is C28H35BrN2O8. The van der Waals surface area contributed by atoms with Crippen LogP contribution in [0.4, 0.5) is 0 Å². The number of likely N-dealkylation sites (N-methyl/N-ethyl adjacent to an activating group) is 1. The molecule has 0 bridgehead atoms. The number of phenolic OH excluding ortho intramolecular Hbond substituents is 1. The lowest BCUT2D eigenvalue weighted by Gasteiger charge is -2.53. The first-order valence-corrected chi connectivity index (χ1v) is 13.8. The van der Waals surface area contributed by atoms with Gasteiger partial charge in [-0.05, 0) is 44.3 Å². The Labute approximate surface area is 234 Å². The average Bonchev–Trinajstić information content (AvgIpc) is 2.84. The van der Waals surface area contributed by atoms with E-state index in [9.17, 15) is 39.9 Å². The number of carbonyl (C=O) groups excluding carboxylic acids is 3. The Kier molecular flexibility index (Phi) is 7.52. The van der Waals surface area contributed by atoms with Gasteiger partial charge in [0.15, 0.2) is 11.4 Å². The van der Waals surface area contributed by atoms with Crippen LogP contribution in [0.5, 0.6) is 5.75 Å². The number of carbonyl (C=O) groups is 3. The molecule has 1 aromatic rings. The minimum atomic E-state index is -2.92. The summed E-state index contributed by atoms with van der Waals surface area (Å²) in [4.78, 5) is 40.5. The van der Waals surface area contributed by atoms with Crippen LogP contribution >= 0.6 is 15.9 Å². The summed E-state index contributed by atoms with van der Waals surface area (Å²) in [5.41, 5.74) is 2.06. The molecule has 0 spiro atoms. The van der Waals surface area contributed by atoms with Crippen LogP contribution in [0.25, 0.3) is 5.76 Å². The van der Waals surface area contributed by atoms with Gasteiger partial charge < -0.3 is 31.3 Å². The molecule has 212 valence electrons. The van der Waals surface area contributed by atoms with Crippen LogP contribution in [0, 0.1) is 17.8 Å². The lowest BCUT2D eigenvalue weighted by molar-refractivity contribution is -0.169. The Morgan fingerprint density at radius 3 is 2.31 bits per heavy atom. The molecule has 3 aliphatic carbocycles. The molecule has 0 saturated heterocycles. The third-order valence-electron chi connectivity index (χ3n) is 8.50. The molecule has 1 saturated carbocycles. The van der Waals surface area contributed by atoms with Gasteiger partial charge in [-0.3, -0.25) is 19.3 Å². The molecule has 0 aromatic heterocycles. The van der Waals surface area contributed by atoms with Crippen molar-refractivity contribution in [2.24, 2.45) is 23.5 Å². The molecule has 1 amide bonds. The molecule has 7 atom stereocenters. The normalized spacial score (nSPS) is 31.4. The average molecular weight is 607 g/mol. The molecule has 10 nitrogen and oxygen atoms in total. The van der Waals surface area contributed by atoms with Crippen molar-refractivity contribution in [3.63, 3.8) is 0 Å². The van der Waals surface area contributed by atoms with Gasteiger partial charge in [0.05, 0.1) is 23.6 Å².